The Labute approximate surface area is 120 Å². The molecule has 0 aromatic heterocycles. The second-order valence-corrected chi connectivity index (χ2v) is 5.30. The summed E-state index contributed by atoms with van der Waals surface area (Å²) in [6, 6.07) is -0.142. The smallest absolute Gasteiger partial charge is 0.257 e. The van der Waals surface area contributed by atoms with E-state index in [0.29, 0.717) is 19.0 Å². The number of phenolic OH excluding ortho intramolecular Hbond substituents is 1. The Bertz CT molecular complexity index is 564. The largest absolute Gasteiger partial charge is 0.503 e. The van der Waals surface area contributed by atoms with Gasteiger partial charge in [0.2, 0.25) is 5.82 Å². The van der Waals surface area contributed by atoms with E-state index in [9.17, 15) is 23.1 Å². The predicted molar refractivity (Wildman–Crippen MR) is 70.3 cm³/mol. The third-order valence-electron chi connectivity index (χ3n) is 3.78. The van der Waals surface area contributed by atoms with Crippen LogP contribution in [-0.2, 0) is 0 Å². The molecule has 1 saturated heterocycles. The molecule has 7 heteroatoms. The molecule has 1 fully saturated rings. The number of phenols is 1. The Kier molecular flexibility index (Phi) is 4.41. The van der Waals surface area contributed by atoms with E-state index in [1.54, 1.807) is 6.92 Å². The van der Waals surface area contributed by atoms with Crippen LogP contribution in [0.15, 0.2) is 6.07 Å². The highest BCUT2D eigenvalue weighted by molar-refractivity contribution is 5.95. The van der Waals surface area contributed by atoms with Crippen LogP contribution in [0.25, 0.3) is 0 Å². The van der Waals surface area contributed by atoms with Gasteiger partial charge in [-0.2, -0.15) is 4.39 Å². The van der Waals surface area contributed by atoms with E-state index >= 15 is 0 Å². The summed E-state index contributed by atoms with van der Waals surface area (Å²) in [6.45, 7) is 2.10. The molecule has 1 aromatic rings. The molecule has 0 radical (unpaired) electrons. The molecule has 1 aliphatic heterocycles. The molecular weight excluding hydrogens is 285 g/mol. The number of nitrogens with zero attached hydrogens (tertiary/aromatic N) is 1. The average Bonchev–Trinajstić information content (AvgIpc) is 2.48. The summed E-state index contributed by atoms with van der Waals surface area (Å²) in [5, 5.41) is 9.20. The molecule has 3 N–H and O–H groups in total. The SMILES string of the molecule is CC(N)C1CCCCN1C(=O)c1cc(F)c(F)c(O)c1F. The first-order valence-electron chi connectivity index (χ1n) is 6.77. The van der Waals surface area contributed by atoms with Crippen LogP contribution in [0.1, 0.15) is 36.5 Å². The van der Waals surface area contributed by atoms with Crippen molar-refractivity contribution in [3.05, 3.63) is 29.1 Å². The van der Waals surface area contributed by atoms with Crippen molar-refractivity contribution in [2.24, 2.45) is 5.73 Å². The van der Waals surface area contributed by atoms with Gasteiger partial charge in [0.25, 0.3) is 5.91 Å². The minimum atomic E-state index is -1.70. The lowest BCUT2D eigenvalue weighted by Gasteiger charge is -2.38. The lowest BCUT2D eigenvalue weighted by molar-refractivity contribution is 0.0577. The number of piperidine rings is 1. The van der Waals surface area contributed by atoms with Gasteiger partial charge in [-0.05, 0) is 32.3 Å². The van der Waals surface area contributed by atoms with Gasteiger partial charge < -0.3 is 15.7 Å². The molecule has 2 atom stereocenters. The van der Waals surface area contributed by atoms with Crippen LogP contribution in [0.4, 0.5) is 13.2 Å². The zero-order valence-electron chi connectivity index (χ0n) is 11.6. The van der Waals surface area contributed by atoms with Crippen molar-refractivity contribution in [2.75, 3.05) is 6.54 Å². The Hall–Kier alpha value is -1.76. The van der Waals surface area contributed by atoms with Gasteiger partial charge in [-0.25, -0.2) is 8.78 Å². The summed E-state index contributed by atoms with van der Waals surface area (Å²) < 4.78 is 40.2. The topological polar surface area (TPSA) is 66.6 Å². The highest BCUT2D eigenvalue weighted by Crippen LogP contribution is 2.29. The van der Waals surface area contributed by atoms with E-state index in [0.717, 1.165) is 12.8 Å². The van der Waals surface area contributed by atoms with Gasteiger partial charge in [0, 0.05) is 18.6 Å². The molecular formula is C14H17F3N2O2. The maximum atomic E-state index is 13.8. The van der Waals surface area contributed by atoms with Gasteiger partial charge >= 0.3 is 0 Å². The second kappa shape index (κ2) is 5.93. The number of benzene rings is 1. The van der Waals surface area contributed by atoms with Crippen LogP contribution in [0.5, 0.6) is 5.75 Å². The fraction of sp³-hybridized carbons (Fsp3) is 0.500. The summed E-state index contributed by atoms with van der Waals surface area (Å²) in [4.78, 5) is 13.7. The first kappa shape index (κ1) is 15.6. The van der Waals surface area contributed by atoms with Crippen LogP contribution < -0.4 is 5.73 Å². The maximum absolute atomic E-state index is 13.8. The molecule has 0 saturated carbocycles. The standard InChI is InChI=1S/C14H17F3N2O2/c1-7(18)10-4-2-3-5-19(10)14(21)8-6-9(15)12(17)13(20)11(8)16/h6-7,10,20H,2-5,18H2,1H3. The van der Waals surface area contributed by atoms with Crippen molar-refractivity contribution >= 4 is 5.91 Å². The van der Waals surface area contributed by atoms with Gasteiger partial charge in [0.15, 0.2) is 17.4 Å². The van der Waals surface area contributed by atoms with Crippen LogP contribution >= 0.6 is 0 Å². The van der Waals surface area contributed by atoms with E-state index in [2.05, 4.69) is 0 Å². The van der Waals surface area contributed by atoms with Crippen LogP contribution in [-0.4, -0.2) is 34.5 Å². The van der Waals surface area contributed by atoms with Crippen molar-refractivity contribution in [3.63, 3.8) is 0 Å². The van der Waals surface area contributed by atoms with Gasteiger partial charge in [0.05, 0.1) is 5.56 Å². The average molecular weight is 302 g/mol. The highest BCUT2D eigenvalue weighted by atomic mass is 19.2. The number of hydrogen-bond donors (Lipinski definition) is 2. The Morgan fingerprint density at radius 3 is 2.67 bits per heavy atom. The first-order chi connectivity index (χ1) is 9.84. The summed E-state index contributed by atoms with van der Waals surface area (Å²) in [5.74, 6) is -6.89. The Morgan fingerprint density at radius 1 is 1.38 bits per heavy atom. The van der Waals surface area contributed by atoms with E-state index in [-0.39, 0.29) is 12.1 Å². The number of nitrogens with two attached hydrogens (primary N) is 1. The molecule has 0 spiro atoms. The molecule has 2 rings (SSSR count). The molecule has 2 unspecified atom stereocenters. The molecule has 0 bridgehead atoms. The quantitative estimate of drug-likeness (QED) is 0.823. The van der Waals surface area contributed by atoms with Crippen molar-refractivity contribution in [1.29, 1.82) is 0 Å². The third-order valence-corrected chi connectivity index (χ3v) is 3.78. The number of aromatic hydroxyl groups is 1. The van der Waals surface area contributed by atoms with Gasteiger partial charge in [-0.1, -0.05) is 0 Å². The van der Waals surface area contributed by atoms with Gasteiger partial charge in [-0.3, -0.25) is 4.79 Å². The maximum Gasteiger partial charge on any atom is 0.257 e. The predicted octanol–water partition coefficient (Wildman–Crippen LogP) is 2.15. The first-order valence-corrected chi connectivity index (χ1v) is 6.77. The summed E-state index contributed by atoms with van der Waals surface area (Å²) >= 11 is 0. The molecule has 1 heterocycles. The summed E-state index contributed by atoms with van der Waals surface area (Å²) in [6.07, 6.45) is 2.29. The Balaban J connectivity index is 2.39. The third kappa shape index (κ3) is 2.83. The number of likely N-dealkylation sites (tertiary alicyclic amines) is 1. The van der Waals surface area contributed by atoms with Crippen LogP contribution in [0.2, 0.25) is 0 Å². The number of carbonyl (C=O) groups is 1. The molecule has 0 aliphatic carbocycles. The van der Waals surface area contributed by atoms with E-state index in [1.807, 2.05) is 0 Å². The minimum absolute atomic E-state index is 0.291. The number of halogens is 3. The van der Waals surface area contributed by atoms with Gasteiger partial charge in [-0.15, -0.1) is 0 Å². The van der Waals surface area contributed by atoms with Crippen molar-refractivity contribution in [2.45, 2.75) is 38.3 Å². The summed E-state index contributed by atoms with van der Waals surface area (Å²) in [5.41, 5.74) is 5.14. The van der Waals surface area contributed by atoms with E-state index in [1.165, 1.54) is 4.90 Å². The number of carbonyl (C=O) groups excluding carboxylic acids is 1. The molecule has 116 valence electrons. The fourth-order valence-corrected chi connectivity index (χ4v) is 2.66. The fourth-order valence-electron chi connectivity index (χ4n) is 2.66. The molecule has 1 aromatic carbocycles. The van der Waals surface area contributed by atoms with Crippen molar-refractivity contribution in [3.8, 4) is 5.75 Å². The lowest BCUT2D eigenvalue weighted by Crippen LogP contribution is -2.51. The summed E-state index contributed by atoms with van der Waals surface area (Å²) in [7, 11) is 0. The zero-order chi connectivity index (χ0) is 15.7. The molecule has 1 amide bonds. The van der Waals surface area contributed by atoms with E-state index < -0.39 is 34.7 Å². The molecule has 4 nitrogen and oxygen atoms in total. The number of rotatable bonds is 2. The van der Waals surface area contributed by atoms with Crippen LogP contribution in [0, 0.1) is 17.5 Å². The zero-order valence-corrected chi connectivity index (χ0v) is 11.6. The van der Waals surface area contributed by atoms with E-state index in [4.69, 9.17) is 5.73 Å². The lowest BCUT2D eigenvalue weighted by atomic mass is 9.96. The number of amides is 1. The van der Waals surface area contributed by atoms with Crippen molar-refractivity contribution in [1.82, 2.24) is 4.90 Å². The second-order valence-electron chi connectivity index (χ2n) is 5.30. The monoisotopic (exact) mass is 302 g/mol. The molecule has 21 heavy (non-hydrogen) atoms. The van der Waals surface area contributed by atoms with Crippen molar-refractivity contribution < 1.29 is 23.1 Å². The number of hydrogen-bond acceptors (Lipinski definition) is 3. The van der Waals surface area contributed by atoms with Gasteiger partial charge in [0.1, 0.15) is 0 Å². The highest BCUT2D eigenvalue weighted by Gasteiger charge is 2.33. The molecule has 1 aliphatic rings. The Morgan fingerprint density at radius 2 is 2.05 bits per heavy atom. The van der Waals surface area contributed by atoms with Crippen LogP contribution in [0.3, 0.4) is 0 Å². The normalized spacial score (nSPS) is 20.4. The minimum Gasteiger partial charge on any atom is -0.503 e.